The number of carbonyl (C=O) groups excluding carboxylic acids is 1. The van der Waals surface area contributed by atoms with E-state index in [1.165, 1.54) is 0 Å². The molecule has 1 aromatic rings. The number of halogens is 2. The molecule has 18 heavy (non-hydrogen) atoms. The summed E-state index contributed by atoms with van der Waals surface area (Å²) in [6.45, 7) is 0.557. The van der Waals surface area contributed by atoms with Gasteiger partial charge in [-0.3, -0.25) is 0 Å². The van der Waals surface area contributed by atoms with Crippen LogP contribution in [0.25, 0.3) is 0 Å². The molecular formula is C12H14Cl2N2O2. The van der Waals surface area contributed by atoms with Gasteiger partial charge in [0, 0.05) is 11.6 Å². The fourth-order valence-corrected chi connectivity index (χ4v) is 2.20. The maximum absolute atomic E-state index is 11.6. The monoisotopic (exact) mass is 288 g/mol. The number of aliphatic hydroxyl groups excluding tert-OH is 1. The molecule has 6 heteroatoms. The summed E-state index contributed by atoms with van der Waals surface area (Å²) >= 11 is 11.7. The molecule has 0 bridgehead atoms. The zero-order valence-corrected chi connectivity index (χ0v) is 11.1. The van der Waals surface area contributed by atoms with E-state index in [1.807, 2.05) is 0 Å². The lowest BCUT2D eigenvalue weighted by molar-refractivity contribution is 0.0443. The molecule has 2 rings (SSSR count). The average Bonchev–Trinajstić information content (AvgIpc) is 2.28. The Balaban J connectivity index is 1.81. The molecule has 2 amide bonds. The van der Waals surface area contributed by atoms with Gasteiger partial charge in [0.25, 0.3) is 0 Å². The summed E-state index contributed by atoms with van der Waals surface area (Å²) < 4.78 is 0. The molecule has 0 heterocycles. The maximum Gasteiger partial charge on any atom is 0.319 e. The highest BCUT2D eigenvalue weighted by atomic mass is 35.5. The lowest BCUT2D eigenvalue weighted by Crippen LogP contribution is -2.40. The molecule has 1 saturated carbocycles. The van der Waals surface area contributed by atoms with Gasteiger partial charge < -0.3 is 15.7 Å². The largest absolute Gasteiger partial charge is 0.393 e. The molecule has 0 saturated heterocycles. The van der Waals surface area contributed by atoms with Gasteiger partial charge in [0.2, 0.25) is 0 Å². The lowest BCUT2D eigenvalue weighted by atomic mass is 9.82. The molecule has 0 aliphatic heterocycles. The first-order valence-corrected chi connectivity index (χ1v) is 6.48. The summed E-state index contributed by atoms with van der Waals surface area (Å²) in [5.41, 5.74) is 0.482. The molecule has 1 aliphatic carbocycles. The van der Waals surface area contributed by atoms with E-state index in [-0.39, 0.29) is 12.1 Å². The number of anilines is 1. The van der Waals surface area contributed by atoms with Gasteiger partial charge in [-0.25, -0.2) is 4.79 Å². The molecule has 0 atom stereocenters. The Morgan fingerprint density at radius 2 is 2.11 bits per heavy atom. The van der Waals surface area contributed by atoms with Crippen molar-refractivity contribution in [3.63, 3.8) is 0 Å². The Kier molecular flexibility index (Phi) is 4.32. The van der Waals surface area contributed by atoms with Crippen LogP contribution in [-0.2, 0) is 0 Å². The smallest absolute Gasteiger partial charge is 0.319 e. The number of nitrogens with one attached hydrogen (secondary N) is 2. The van der Waals surface area contributed by atoms with E-state index in [1.54, 1.807) is 18.2 Å². The lowest BCUT2D eigenvalue weighted by Gasteiger charge is -2.31. The van der Waals surface area contributed by atoms with Crippen molar-refractivity contribution >= 4 is 34.9 Å². The predicted molar refractivity (Wildman–Crippen MR) is 72.2 cm³/mol. The first kappa shape index (κ1) is 13.5. The van der Waals surface area contributed by atoms with Crippen LogP contribution in [0.5, 0.6) is 0 Å². The molecule has 1 aromatic carbocycles. The average molecular weight is 289 g/mol. The van der Waals surface area contributed by atoms with Crippen LogP contribution in [0.1, 0.15) is 12.8 Å². The van der Waals surface area contributed by atoms with Crippen molar-refractivity contribution in [2.24, 2.45) is 5.92 Å². The fraction of sp³-hybridized carbons (Fsp3) is 0.417. The maximum atomic E-state index is 11.6. The van der Waals surface area contributed by atoms with Crippen LogP contribution in [-0.4, -0.2) is 23.8 Å². The number of amides is 2. The van der Waals surface area contributed by atoms with Crippen molar-refractivity contribution in [2.75, 3.05) is 11.9 Å². The standard InChI is InChI=1S/C12H14Cl2N2O2/c13-8-1-2-10(14)11(5-8)16-12(18)15-6-7-3-9(17)4-7/h1-2,5,7,9,17H,3-4,6H2,(H2,15,16,18). The third-order valence-corrected chi connectivity index (χ3v) is 3.50. The SMILES string of the molecule is O=C(NCC1CC(O)C1)Nc1cc(Cl)ccc1Cl. The van der Waals surface area contributed by atoms with Crippen LogP contribution in [0.15, 0.2) is 18.2 Å². The highest BCUT2D eigenvalue weighted by molar-refractivity contribution is 6.35. The Labute approximate surface area is 115 Å². The normalized spacial score (nSPS) is 22.2. The van der Waals surface area contributed by atoms with Crippen molar-refractivity contribution in [3.05, 3.63) is 28.2 Å². The van der Waals surface area contributed by atoms with Crippen molar-refractivity contribution in [3.8, 4) is 0 Å². The Morgan fingerprint density at radius 1 is 1.39 bits per heavy atom. The highest BCUT2D eigenvalue weighted by Gasteiger charge is 2.27. The van der Waals surface area contributed by atoms with E-state index in [4.69, 9.17) is 28.3 Å². The number of benzene rings is 1. The van der Waals surface area contributed by atoms with Gasteiger partial charge in [0.05, 0.1) is 16.8 Å². The second kappa shape index (κ2) is 5.78. The first-order chi connectivity index (χ1) is 8.54. The van der Waals surface area contributed by atoms with Gasteiger partial charge in [-0.15, -0.1) is 0 Å². The van der Waals surface area contributed by atoms with Crippen LogP contribution in [0, 0.1) is 5.92 Å². The van der Waals surface area contributed by atoms with E-state index in [2.05, 4.69) is 10.6 Å². The van der Waals surface area contributed by atoms with Gasteiger partial charge in [0.15, 0.2) is 0 Å². The van der Waals surface area contributed by atoms with Crippen LogP contribution >= 0.6 is 23.2 Å². The molecule has 0 radical (unpaired) electrons. The third-order valence-electron chi connectivity index (χ3n) is 2.94. The molecule has 0 aromatic heterocycles. The van der Waals surface area contributed by atoms with Crippen molar-refractivity contribution in [1.82, 2.24) is 5.32 Å². The molecule has 1 fully saturated rings. The van der Waals surface area contributed by atoms with Crippen molar-refractivity contribution in [1.29, 1.82) is 0 Å². The predicted octanol–water partition coefficient (Wildman–Crippen LogP) is 2.89. The molecular weight excluding hydrogens is 275 g/mol. The minimum absolute atomic E-state index is 0.206. The fourth-order valence-electron chi connectivity index (χ4n) is 1.86. The van der Waals surface area contributed by atoms with Crippen LogP contribution in [0.2, 0.25) is 10.0 Å². The third kappa shape index (κ3) is 3.51. The van der Waals surface area contributed by atoms with Gasteiger partial charge in [-0.05, 0) is 37.0 Å². The summed E-state index contributed by atoms with van der Waals surface area (Å²) in [6.07, 6.45) is 1.29. The Hall–Kier alpha value is -0.970. The molecule has 0 spiro atoms. The Bertz CT molecular complexity index is 448. The van der Waals surface area contributed by atoms with Gasteiger partial charge >= 0.3 is 6.03 Å². The molecule has 98 valence electrons. The molecule has 4 nitrogen and oxygen atoms in total. The molecule has 3 N–H and O–H groups in total. The number of aliphatic hydroxyl groups is 1. The summed E-state index contributed by atoms with van der Waals surface area (Å²) in [7, 11) is 0. The van der Waals surface area contributed by atoms with E-state index >= 15 is 0 Å². The summed E-state index contributed by atoms with van der Waals surface area (Å²) in [4.78, 5) is 11.6. The number of hydrogen-bond donors (Lipinski definition) is 3. The number of carbonyl (C=O) groups is 1. The van der Waals surface area contributed by atoms with Gasteiger partial charge in [-0.2, -0.15) is 0 Å². The van der Waals surface area contributed by atoms with Crippen LogP contribution in [0.3, 0.4) is 0 Å². The van der Waals surface area contributed by atoms with Crippen LogP contribution in [0.4, 0.5) is 10.5 Å². The second-order valence-corrected chi connectivity index (χ2v) is 5.29. The highest BCUT2D eigenvalue weighted by Crippen LogP contribution is 2.27. The van der Waals surface area contributed by atoms with E-state index in [0.717, 1.165) is 12.8 Å². The van der Waals surface area contributed by atoms with Gasteiger partial charge in [0.1, 0.15) is 0 Å². The molecule has 0 unspecified atom stereocenters. The minimum atomic E-state index is -0.319. The van der Waals surface area contributed by atoms with Crippen molar-refractivity contribution in [2.45, 2.75) is 18.9 Å². The van der Waals surface area contributed by atoms with Crippen LogP contribution < -0.4 is 10.6 Å². The topological polar surface area (TPSA) is 61.4 Å². The zero-order chi connectivity index (χ0) is 13.1. The first-order valence-electron chi connectivity index (χ1n) is 5.72. The van der Waals surface area contributed by atoms with E-state index in [9.17, 15) is 4.79 Å². The quantitative estimate of drug-likeness (QED) is 0.801. The number of urea groups is 1. The number of hydrogen-bond acceptors (Lipinski definition) is 2. The summed E-state index contributed by atoms with van der Waals surface area (Å²) in [5, 5.41) is 15.4. The van der Waals surface area contributed by atoms with E-state index < -0.39 is 0 Å². The van der Waals surface area contributed by atoms with E-state index in [0.29, 0.717) is 28.2 Å². The van der Waals surface area contributed by atoms with Gasteiger partial charge in [-0.1, -0.05) is 23.2 Å². The second-order valence-electron chi connectivity index (χ2n) is 4.45. The zero-order valence-electron chi connectivity index (χ0n) is 9.62. The summed E-state index contributed by atoms with van der Waals surface area (Å²) in [5.74, 6) is 0.362. The van der Waals surface area contributed by atoms with Crippen molar-refractivity contribution < 1.29 is 9.90 Å². The minimum Gasteiger partial charge on any atom is -0.393 e. The molecule has 1 aliphatic rings. The Morgan fingerprint density at radius 3 is 2.78 bits per heavy atom. The number of rotatable bonds is 3. The summed E-state index contributed by atoms with van der Waals surface area (Å²) in [6, 6.07) is 4.56.